The van der Waals surface area contributed by atoms with Crippen molar-refractivity contribution in [3.8, 4) is 5.75 Å². The number of methoxy groups -OCH3 is 1. The van der Waals surface area contributed by atoms with Crippen molar-refractivity contribution < 1.29 is 19.2 Å². The molecule has 1 aliphatic heterocycles. The molecule has 2 amide bonds. The van der Waals surface area contributed by atoms with Crippen LogP contribution in [0.3, 0.4) is 0 Å². The highest BCUT2D eigenvalue weighted by molar-refractivity contribution is 5.97. The van der Waals surface area contributed by atoms with Crippen LogP contribution in [-0.2, 0) is 0 Å². The first kappa shape index (κ1) is 19.3. The number of nitro benzene ring substituents is 1. The molecule has 0 aliphatic carbocycles. The van der Waals surface area contributed by atoms with E-state index in [2.05, 4.69) is 0 Å². The van der Waals surface area contributed by atoms with E-state index in [-0.39, 0.29) is 23.1 Å². The second-order valence-corrected chi connectivity index (χ2v) is 6.45. The third-order valence-electron chi connectivity index (χ3n) is 4.71. The van der Waals surface area contributed by atoms with Gasteiger partial charge in [-0.05, 0) is 24.6 Å². The minimum atomic E-state index is -0.521. The van der Waals surface area contributed by atoms with Gasteiger partial charge in [0.15, 0.2) is 0 Å². The molecule has 1 aliphatic rings. The zero-order valence-electron chi connectivity index (χ0n) is 15.5. The van der Waals surface area contributed by atoms with Crippen LogP contribution in [0.2, 0.25) is 0 Å². The molecule has 2 aromatic carbocycles. The van der Waals surface area contributed by atoms with Crippen molar-refractivity contribution in [3.63, 3.8) is 0 Å². The van der Waals surface area contributed by atoms with E-state index in [0.29, 0.717) is 43.9 Å². The molecule has 3 rings (SSSR count). The highest BCUT2D eigenvalue weighted by Gasteiger charge is 2.25. The van der Waals surface area contributed by atoms with Crippen LogP contribution in [0.25, 0.3) is 0 Å². The maximum Gasteiger partial charge on any atom is 0.270 e. The fraction of sp³-hybridized carbons (Fsp3) is 0.300. The number of carbonyl (C=O) groups is 2. The van der Waals surface area contributed by atoms with E-state index in [0.717, 1.165) is 0 Å². The maximum atomic E-state index is 12.9. The normalized spacial score (nSPS) is 14.3. The summed E-state index contributed by atoms with van der Waals surface area (Å²) in [5.74, 6) is 0.110. The van der Waals surface area contributed by atoms with Crippen LogP contribution >= 0.6 is 0 Å². The van der Waals surface area contributed by atoms with E-state index in [1.807, 2.05) is 0 Å². The molecule has 28 heavy (non-hydrogen) atoms. The molecule has 0 aromatic heterocycles. The number of para-hydroxylation sites is 1. The van der Waals surface area contributed by atoms with Crippen LogP contribution in [0, 0.1) is 10.1 Å². The van der Waals surface area contributed by atoms with E-state index < -0.39 is 4.92 Å². The topological polar surface area (TPSA) is 93.0 Å². The van der Waals surface area contributed by atoms with Gasteiger partial charge in [0.25, 0.3) is 17.5 Å². The molecule has 0 atom stereocenters. The van der Waals surface area contributed by atoms with Crippen molar-refractivity contribution >= 4 is 17.5 Å². The van der Waals surface area contributed by atoms with Gasteiger partial charge in [-0.25, -0.2) is 0 Å². The van der Waals surface area contributed by atoms with Gasteiger partial charge in [-0.2, -0.15) is 0 Å². The summed E-state index contributed by atoms with van der Waals surface area (Å²) in [6.45, 7) is 1.76. The predicted molar refractivity (Wildman–Crippen MR) is 103 cm³/mol. The van der Waals surface area contributed by atoms with Gasteiger partial charge in [0.1, 0.15) is 5.75 Å². The summed E-state index contributed by atoms with van der Waals surface area (Å²) >= 11 is 0. The van der Waals surface area contributed by atoms with Crippen LogP contribution in [0.1, 0.15) is 27.1 Å². The third kappa shape index (κ3) is 4.11. The van der Waals surface area contributed by atoms with Gasteiger partial charge in [-0.3, -0.25) is 19.7 Å². The van der Waals surface area contributed by atoms with Crippen LogP contribution in [0.4, 0.5) is 5.69 Å². The molecule has 0 N–H and O–H groups in total. The van der Waals surface area contributed by atoms with E-state index in [9.17, 15) is 19.7 Å². The molecule has 0 spiro atoms. The highest BCUT2D eigenvalue weighted by atomic mass is 16.6. The molecule has 8 heteroatoms. The Morgan fingerprint density at radius 2 is 1.64 bits per heavy atom. The molecule has 0 saturated carbocycles. The first-order valence-corrected chi connectivity index (χ1v) is 8.97. The number of amides is 2. The molecular formula is C20H21N3O5. The van der Waals surface area contributed by atoms with Crippen LogP contribution in [0.15, 0.2) is 48.5 Å². The van der Waals surface area contributed by atoms with Crippen molar-refractivity contribution in [3.05, 3.63) is 69.8 Å². The number of benzene rings is 2. The molecule has 1 fully saturated rings. The van der Waals surface area contributed by atoms with Crippen LogP contribution < -0.4 is 4.74 Å². The lowest BCUT2D eigenvalue weighted by molar-refractivity contribution is -0.384. The minimum absolute atomic E-state index is 0.117. The van der Waals surface area contributed by atoms with Gasteiger partial charge in [-0.15, -0.1) is 0 Å². The Kier molecular flexibility index (Phi) is 5.88. The Labute approximate surface area is 162 Å². The molecule has 1 saturated heterocycles. The van der Waals surface area contributed by atoms with Gasteiger partial charge in [-0.1, -0.05) is 18.2 Å². The fourth-order valence-corrected chi connectivity index (χ4v) is 3.25. The second kappa shape index (κ2) is 8.51. The standard InChI is InChI=1S/C20H21N3O5/c1-28-18-9-3-2-8-17(18)20(25)22-11-5-10-21(12-13-22)19(24)15-6-4-7-16(14-15)23(26)27/h2-4,6-9,14H,5,10-13H2,1H3. The molecule has 0 unspecified atom stereocenters. The summed E-state index contributed by atoms with van der Waals surface area (Å²) < 4.78 is 5.27. The average molecular weight is 383 g/mol. The Balaban J connectivity index is 1.71. The second-order valence-electron chi connectivity index (χ2n) is 6.45. The molecule has 146 valence electrons. The molecule has 8 nitrogen and oxygen atoms in total. The lowest BCUT2D eigenvalue weighted by Crippen LogP contribution is -2.37. The third-order valence-corrected chi connectivity index (χ3v) is 4.71. The predicted octanol–water partition coefficient (Wildman–Crippen LogP) is 2.59. The van der Waals surface area contributed by atoms with Crippen LogP contribution in [0.5, 0.6) is 5.75 Å². The van der Waals surface area contributed by atoms with Gasteiger partial charge in [0, 0.05) is 43.9 Å². The van der Waals surface area contributed by atoms with Crippen molar-refractivity contribution in [1.82, 2.24) is 9.80 Å². The van der Waals surface area contributed by atoms with Gasteiger partial charge < -0.3 is 14.5 Å². The number of nitro groups is 1. The smallest absolute Gasteiger partial charge is 0.270 e. The maximum absolute atomic E-state index is 12.9. The summed E-state index contributed by atoms with van der Waals surface area (Å²) in [6, 6.07) is 12.8. The monoisotopic (exact) mass is 383 g/mol. The van der Waals surface area contributed by atoms with Crippen molar-refractivity contribution in [2.24, 2.45) is 0 Å². The molecule has 2 aromatic rings. The van der Waals surface area contributed by atoms with Crippen LogP contribution in [-0.4, -0.2) is 59.8 Å². The fourth-order valence-electron chi connectivity index (χ4n) is 3.25. The van der Waals surface area contributed by atoms with Gasteiger partial charge in [0.2, 0.25) is 0 Å². The number of hydrogen-bond donors (Lipinski definition) is 0. The lowest BCUT2D eigenvalue weighted by Gasteiger charge is -2.23. The summed E-state index contributed by atoms with van der Waals surface area (Å²) in [7, 11) is 1.52. The number of rotatable bonds is 4. The summed E-state index contributed by atoms with van der Waals surface area (Å²) in [4.78, 5) is 39.4. The van der Waals surface area contributed by atoms with Crippen molar-refractivity contribution in [2.45, 2.75) is 6.42 Å². The van der Waals surface area contributed by atoms with E-state index in [1.54, 1.807) is 40.1 Å². The summed E-state index contributed by atoms with van der Waals surface area (Å²) in [5, 5.41) is 10.9. The number of ether oxygens (including phenoxy) is 1. The van der Waals surface area contributed by atoms with Gasteiger partial charge in [0.05, 0.1) is 17.6 Å². The molecule has 1 heterocycles. The van der Waals surface area contributed by atoms with E-state index in [4.69, 9.17) is 4.74 Å². The SMILES string of the molecule is COc1ccccc1C(=O)N1CCCN(C(=O)c2cccc([N+](=O)[O-])c2)CC1. The Bertz CT molecular complexity index is 899. The van der Waals surface area contributed by atoms with E-state index >= 15 is 0 Å². The molecule has 0 radical (unpaired) electrons. The quantitative estimate of drug-likeness (QED) is 0.598. The molecule has 0 bridgehead atoms. The van der Waals surface area contributed by atoms with E-state index in [1.165, 1.54) is 25.3 Å². The Hall–Kier alpha value is -3.42. The lowest BCUT2D eigenvalue weighted by atomic mass is 10.1. The first-order valence-electron chi connectivity index (χ1n) is 8.97. The Morgan fingerprint density at radius 3 is 2.32 bits per heavy atom. The zero-order chi connectivity index (χ0) is 20.1. The number of hydrogen-bond acceptors (Lipinski definition) is 5. The Morgan fingerprint density at radius 1 is 0.964 bits per heavy atom. The number of carbonyl (C=O) groups excluding carboxylic acids is 2. The molecular weight excluding hydrogens is 362 g/mol. The summed E-state index contributed by atoms with van der Waals surface area (Å²) in [5.41, 5.74) is 0.649. The minimum Gasteiger partial charge on any atom is -0.496 e. The number of non-ortho nitro benzene ring substituents is 1. The largest absolute Gasteiger partial charge is 0.496 e. The average Bonchev–Trinajstić information content (AvgIpc) is 2.99. The first-order chi connectivity index (χ1) is 13.5. The van der Waals surface area contributed by atoms with Gasteiger partial charge >= 0.3 is 0 Å². The zero-order valence-corrected chi connectivity index (χ0v) is 15.5. The van der Waals surface area contributed by atoms with Crippen molar-refractivity contribution in [2.75, 3.05) is 33.3 Å². The highest BCUT2D eigenvalue weighted by Crippen LogP contribution is 2.21. The summed E-state index contributed by atoms with van der Waals surface area (Å²) in [6.07, 6.45) is 0.627. The number of nitrogens with zero attached hydrogens (tertiary/aromatic N) is 3. The van der Waals surface area contributed by atoms with Crippen molar-refractivity contribution in [1.29, 1.82) is 0 Å².